The van der Waals surface area contributed by atoms with Gasteiger partial charge in [-0.15, -0.1) is 0 Å². The van der Waals surface area contributed by atoms with Crippen LogP contribution in [0.2, 0.25) is 0 Å². The molecule has 0 bridgehead atoms. The number of carbonyl (C=O) groups excluding carboxylic acids is 1. The van der Waals surface area contributed by atoms with Crippen LogP contribution in [0.3, 0.4) is 0 Å². The van der Waals surface area contributed by atoms with Gasteiger partial charge in [0.2, 0.25) is 5.91 Å². The summed E-state index contributed by atoms with van der Waals surface area (Å²) in [5.74, 6) is 1.38. The molecule has 0 radical (unpaired) electrons. The fraction of sp³-hybridized carbons (Fsp3) is 0.562. The van der Waals surface area contributed by atoms with Crippen LogP contribution in [-0.4, -0.2) is 19.6 Å². The zero-order valence-electron chi connectivity index (χ0n) is 12.3. The van der Waals surface area contributed by atoms with Crippen LogP contribution in [-0.2, 0) is 4.79 Å². The third-order valence-electron chi connectivity index (χ3n) is 4.01. The van der Waals surface area contributed by atoms with E-state index in [1.54, 1.807) is 7.11 Å². The Morgan fingerprint density at radius 3 is 2.50 bits per heavy atom. The Kier molecular flexibility index (Phi) is 5.01. The number of hydrogen-bond acceptors (Lipinski definition) is 3. The van der Waals surface area contributed by atoms with Gasteiger partial charge >= 0.3 is 0 Å². The Labute approximate surface area is 120 Å². The summed E-state index contributed by atoms with van der Waals surface area (Å²) in [6.07, 6.45) is 3.13. The van der Waals surface area contributed by atoms with Gasteiger partial charge in [-0.3, -0.25) is 4.79 Å². The molecule has 4 nitrogen and oxygen atoms in total. The smallest absolute Gasteiger partial charge is 0.224 e. The topological polar surface area (TPSA) is 64.4 Å². The molecule has 0 heterocycles. The first-order valence-corrected chi connectivity index (χ1v) is 7.34. The lowest BCUT2D eigenvalue weighted by molar-refractivity contribution is -0.125. The number of nitrogens with one attached hydrogen (secondary N) is 1. The fourth-order valence-electron chi connectivity index (χ4n) is 2.44. The molecule has 110 valence electrons. The van der Waals surface area contributed by atoms with Crippen molar-refractivity contribution >= 4 is 5.91 Å². The summed E-state index contributed by atoms with van der Waals surface area (Å²) in [4.78, 5) is 12.2. The Morgan fingerprint density at radius 2 is 2.05 bits per heavy atom. The maximum absolute atomic E-state index is 12.2. The van der Waals surface area contributed by atoms with Gasteiger partial charge in [0.25, 0.3) is 0 Å². The van der Waals surface area contributed by atoms with Crippen molar-refractivity contribution in [3.63, 3.8) is 0 Å². The van der Waals surface area contributed by atoms with E-state index in [9.17, 15) is 4.79 Å². The summed E-state index contributed by atoms with van der Waals surface area (Å²) in [5.41, 5.74) is 6.80. The Bertz CT molecular complexity index is 436. The van der Waals surface area contributed by atoms with Crippen molar-refractivity contribution in [3.8, 4) is 5.75 Å². The second-order valence-corrected chi connectivity index (χ2v) is 5.44. The Hall–Kier alpha value is -1.55. The van der Waals surface area contributed by atoms with Gasteiger partial charge < -0.3 is 15.8 Å². The molecule has 0 aliphatic heterocycles. The van der Waals surface area contributed by atoms with E-state index in [1.807, 2.05) is 31.2 Å². The standard InChI is InChI=1S/C16H24N2O2/c1-3-11(10-17)16(19)18-15(12-4-5-12)13-6-8-14(20-2)9-7-13/h6-9,11-12,15H,3-5,10,17H2,1-2H3,(H,18,19). The number of rotatable bonds is 7. The van der Waals surface area contributed by atoms with Crippen LogP contribution in [0.15, 0.2) is 24.3 Å². The molecule has 2 rings (SSSR count). The van der Waals surface area contributed by atoms with Crippen molar-refractivity contribution in [1.82, 2.24) is 5.32 Å². The number of methoxy groups -OCH3 is 1. The average Bonchev–Trinajstić information content (AvgIpc) is 3.31. The van der Waals surface area contributed by atoms with E-state index in [2.05, 4.69) is 5.32 Å². The zero-order valence-corrected chi connectivity index (χ0v) is 12.3. The second-order valence-electron chi connectivity index (χ2n) is 5.44. The van der Waals surface area contributed by atoms with Gasteiger partial charge in [0.1, 0.15) is 5.75 Å². The van der Waals surface area contributed by atoms with Crippen molar-refractivity contribution in [2.24, 2.45) is 17.6 Å². The summed E-state index contributed by atoms with van der Waals surface area (Å²) in [5, 5.41) is 3.17. The van der Waals surface area contributed by atoms with Gasteiger partial charge in [0, 0.05) is 12.5 Å². The van der Waals surface area contributed by atoms with Crippen LogP contribution in [0.25, 0.3) is 0 Å². The zero-order chi connectivity index (χ0) is 14.5. The first kappa shape index (κ1) is 14.9. The first-order chi connectivity index (χ1) is 9.69. The second kappa shape index (κ2) is 6.75. The molecule has 3 N–H and O–H groups in total. The van der Waals surface area contributed by atoms with Crippen molar-refractivity contribution in [3.05, 3.63) is 29.8 Å². The molecule has 0 saturated heterocycles. The molecule has 1 aliphatic carbocycles. The third kappa shape index (κ3) is 3.51. The van der Waals surface area contributed by atoms with Crippen molar-refractivity contribution < 1.29 is 9.53 Å². The maximum atomic E-state index is 12.2. The minimum absolute atomic E-state index is 0.0720. The van der Waals surface area contributed by atoms with E-state index in [4.69, 9.17) is 10.5 Å². The quantitative estimate of drug-likeness (QED) is 0.803. The van der Waals surface area contributed by atoms with Crippen molar-refractivity contribution in [1.29, 1.82) is 0 Å². The molecule has 0 aromatic heterocycles. The number of ether oxygens (including phenoxy) is 1. The minimum Gasteiger partial charge on any atom is -0.497 e. The largest absolute Gasteiger partial charge is 0.497 e. The van der Waals surface area contributed by atoms with E-state index < -0.39 is 0 Å². The van der Waals surface area contributed by atoms with Crippen LogP contribution < -0.4 is 15.8 Å². The van der Waals surface area contributed by atoms with Gasteiger partial charge in [-0.25, -0.2) is 0 Å². The van der Waals surface area contributed by atoms with Gasteiger partial charge in [-0.2, -0.15) is 0 Å². The van der Waals surface area contributed by atoms with E-state index in [0.29, 0.717) is 12.5 Å². The van der Waals surface area contributed by atoms with Crippen molar-refractivity contribution in [2.75, 3.05) is 13.7 Å². The molecule has 1 aromatic rings. The highest BCUT2D eigenvalue weighted by atomic mass is 16.5. The molecule has 1 amide bonds. The maximum Gasteiger partial charge on any atom is 0.224 e. The molecule has 20 heavy (non-hydrogen) atoms. The van der Waals surface area contributed by atoms with E-state index in [0.717, 1.165) is 17.7 Å². The molecule has 2 unspecified atom stereocenters. The van der Waals surface area contributed by atoms with E-state index in [1.165, 1.54) is 12.8 Å². The summed E-state index contributed by atoms with van der Waals surface area (Å²) in [6.45, 7) is 2.40. The summed E-state index contributed by atoms with van der Waals surface area (Å²) < 4.78 is 5.18. The van der Waals surface area contributed by atoms with Crippen LogP contribution in [0.1, 0.15) is 37.8 Å². The van der Waals surface area contributed by atoms with Crippen LogP contribution in [0, 0.1) is 11.8 Å². The van der Waals surface area contributed by atoms with E-state index >= 15 is 0 Å². The lowest BCUT2D eigenvalue weighted by Crippen LogP contribution is -2.37. The highest BCUT2D eigenvalue weighted by Gasteiger charge is 2.34. The lowest BCUT2D eigenvalue weighted by atomic mass is 9.99. The summed E-state index contributed by atoms with van der Waals surface area (Å²) in [6, 6.07) is 8.06. The first-order valence-electron chi connectivity index (χ1n) is 7.34. The molecule has 1 aliphatic rings. The molecule has 1 aromatic carbocycles. The van der Waals surface area contributed by atoms with Crippen LogP contribution in [0.5, 0.6) is 5.75 Å². The Morgan fingerprint density at radius 1 is 1.40 bits per heavy atom. The predicted octanol–water partition coefficient (Wildman–Crippen LogP) is 2.25. The third-order valence-corrected chi connectivity index (χ3v) is 4.01. The number of carbonyl (C=O) groups is 1. The highest BCUT2D eigenvalue weighted by Crippen LogP contribution is 2.41. The molecule has 2 atom stereocenters. The fourth-order valence-corrected chi connectivity index (χ4v) is 2.44. The summed E-state index contributed by atoms with van der Waals surface area (Å²) in [7, 11) is 1.66. The summed E-state index contributed by atoms with van der Waals surface area (Å²) >= 11 is 0. The molecule has 4 heteroatoms. The van der Waals surface area contributed by atoms with Crippen molar-refractivity contribution in [2.45, 2.75) is 32.2 Å². The van der Waals surface area contributed by atoms with Gasteiger partial charge in [0.05, 0.1) is 13.2 Å². The predicted molar refractivity (Wildman–Crippen MR) is 79.4 cm³/mol. The number of benzene rings is 1. The lowest BCUT2D eigenvalue weighted by Gasteiger charge is -2.22. The number of hydrogen-bond donors (Lipinski definition) is 2. The normalized spacial score (nSPS) is 17.4. The molecule has 1 fully saturated rings. The van der Waals surface area contributed by atoms with Gasteiger partial charge in [0.15, 0.2) is 0 Å². The van der Waals surface area contributed by atoms with Gasteiger partial charge in [-0.05, 0) is 42.9 Å². The minimum atomic E-state index is -0.0884. The average molecular weight is 276 g/mol. The Balaban J connectivity index is 2.08. The van der Waals surface area contributed by atoms with Gasteiger partial charge in [-0.1, -0.05) is 19.1 Å². The molecular weight excluding hydrogens is 252 g/mol. The molecule has 1 saturated carbocycles. The highest BCUT2D eigenvalue weighted by molar-refractivity contribution is 5.79. The van der Waals surface area contributed by atoms with E-state index in [-0.39, 0.29) is 17.9 Å². The van der Waals surface area contributed by atoms with Crippen LogP contribution >= 0.6 is 0 Å². The molecular formula is C16H24N2O2. The van der Waals surface area contributed by atoms with Crippen LogP contribution in [0.4, 0.5) is 0 Å². The molecule has 0 spiro atoms. The number of nitrogens with two attached hydrogens (primary N) is 1. The SMILES string of the molecule is CCC(CN)C(=O)NC(c1ccc(OC)cc1)C1CC1. The monoisotopic (exact) mass is 276 g/mol. The number of amides is 1.